The Labute approximate surface area is 109 Å². The summed E-state index contributed by atoms with van der Waals surface area (Å²) < 4.78 is 13.9. The van der Waals surface area contributed by atoms with Crippen molar-refractivity contribution in [3.8, 4) is 0 Å². The largest absolute Gasteiger partial charge is 0.358 e. The molecule has 2 rings (SSSR count). The molecule has 1 N–H and O–H groups in total. The molecule has 92 valence electrons. The summed E-state index contributed by atoms with van der Waals surface area (Å²) in [6.07, 6.45) is 3.16. The molecule has 0 aliphatic carbocycles. The molecule has 0 aliphatic rings. The fourth-order valence-corrected chi connectivity index (χ4v) is 3.29. The summed E-state index contributed by atoms with van der Waals surface area (Å²) in [6, 6.07) is 5.14. The first-order valence-electron chi connectivity index (χ1n) is 5.54. The topological polar surface area (TPSA) is 24.9 Å². The van der Waals surface area contributed by atoms with Crippen LogP contribution in [0.5, 0.6) is 0 Å². The van der Waals surface area contributed by atoms with E-state index in [4.69, 9.17) is 0 Å². The Morgan fingerprint density at radius 2 is 2.35 bits per heavy atom. The third-order valence-electron chi connectivity index (χ3n) is 2.54. The Hall–Kier alpha value is -0.810. The van der Waals surface area contributed by atoms with Gasteiger partial charge in [0.1, 0.15) is 5.82 Å². The number of nitrogens with zero attached hydrogens (tertiary/aromatic N) is 1. The van der Waals surface area contributed by atoms with E-state index in [2.05, 4.69) is 23.5 Å². The summed E-state index contributed by atoms with van der Waals surface area (Å²) in [4.78, 5) is 4.46. The smallest absolute Gasteiger partial charge is 0.184 e. The first-order valence-corrected chi connectivity index (χ1v) is 7.75. The highest BCUT2D eigenvalue weighted by molar-refractivity contribution is 7.98. The van der Waals surface area contributed by atoms with Crippen molar-refractivity contribution < 1.29 is 4.39 Å². The number of thioether (sulfide) groups is 1. The van der Waals surface area contributed by atoms with Crippen LogP contribution in [-0.2, 0) is 0 Å². The van der Waals surface area contributed by atoms with E-state index in [0.717, 1.165) is 27.5 Å². The van der Waals surface area contributed by atoms with Gasteiger partial charge in [0.2, 0.25) is 0 Å². The van der Waals surface area contributed by atoms with Crippen molar-refractivity contribution in [1.82, 2.24) is 4.98 Å². The number of anilines is 1. The Kier molecular flexibility index (Phi) is 4.23. The van der Waals surface area contributed by atoms with Crippen molar-refractivity contribution in [2.75, 3.05) is 17.3 Å². The number of hydrogen-bond acceptors (Lipinski definition) is 4. The second-order valence-corrected chi connectivity index (χ2v) is 5.78. The van der Waals surface area contributed by atoms with E-state index < -0.39 is 0 Å². The van der Waals surface area contributed by atoms with E-state index in [1.165, 1.54) is 23.5 Å². The molecule has 1 aromatic heterocycles. The van der Waals surface area contributed by atoms with Gasteiger partial charge < -0.3 is 5.32 Å². The van der Waals surface area contributed by atoms with Crippen LogP contribution in [0.1, 0.15) is 13.3 Å². The van der Waals surface area contributed by atoms with Crippen LogP contribution >= 0.6 is 23.1 Å². The molecule has 17 heavy (non-hydrogen) atoms. The van der Waals surface area contributed by atoms with Crippen LogP contribution in [0.15, 0.2) is 18.2 Å². The molecule has 5 heteroatoms. The summed E-state index contributed by atoms with van der Waals surface area (Å²) in [5, 5.41) is 4.28. The van der Waals surface area contributed by atoms with Crippen LogP contribution in [0.25, 0.3) is 10.2 Å². The molecule has 1 aromatic carbocycles. The van der Waals surface area contributed by atoms with Gasteiger partial charge in [0.25, 0.3) is 0 Å². The zero-order valence-electron chi connectivity index (χ0n) is 9.87. The highest BCUT2D eigenvalue weighted by Crippen LogP contribution is 2.27. The highest BCUT2D eigenvalue weighted by Gasteiger charge is 2.09. The second kappa shape index (κ2) is 5.69. The van der Waals surface area contributed by atoms with E-state index >= 15 is 0 Å². The van der Waals surface area contributed by atoms with Gasteiger partial charge >= 0.3 is 0 Å². The van der Waals surface area contributed by atoms with Gasteiger partial charge in [-0.15, -0.1) is 0 Å². The first-order chi connectivity index (χ1) is 8.22. The second-order valence-electron chi connectivity index (χ2n) is 3.84. The molecule has 2 nitrogen and oxygen atoms in total. The van der Waals surface area contributed by atoms with Crippen molar-refractivity contribution in [1.29, 1.82) is 0 Å². The monoisotopic (exact) mass is 270 g/mol. The molecule has 1 atom stereocenters. The molecule has 0 fully saturated rings. The Balaban J connectivity index is 2.18. The summed E-state index contributed by atoms with van der Waals surface area (Å²) in [7, 11) is 0. The maximum atomic E-state index is 13.1. The van der Waals surface area contributed by atoms with Crippen LogP contribution in [0.4, 0.5) is 9.52 Å². The van der Waals surface area contributed by atoms with Crippen molar-refractivity contribution in [3.63, 3.8) is 0 Å². The lowest BCUT2D eigenvalue weighted by molar-refractivity contribution is 0.630. The van der Waals surface area contributed by atoms with Gasteiger partial charge in [0.05, 0.1) is 10.2 Å². The fourth-order valence-electron chi connectivity index (χ4n) is 1.60. The molecule has 0 saturated heterocycles. The van der Waals surface area contributed by atoms with Gasteiger partial charge in [-0.05, 0) is 30.9 Å². The molecule has 0 bridgehead atoms. The van der Waals surface area contributed by atoms with E-state index in [1.54, 1.807) is 6.07 Å². The normalized spacial score (nSPS) is 12.9. The lowest BCUT2D eigenvalue weighted by Gasteiger charge is -2.14. The molecule has 0 radical (unpaired) electrons. The van der Waals surface area contributed by atoms with Crippen LogP contribution in [0.3, 0.4) is 0 Å². The van der Waals surface area contributed by atoms with Crippen LogP contribution in [0.2, 0.25) is 0 Å². The standard InChI is InChI=1S/C12H15FN2S2/c1-3-9(7-16-2)14-12-15-10-5-4-8(13)6-11(10)17-12/h4-6,9H,3,7H2,1-2H3,(H,14,15). The average Bonchev–Trinajstić information content (AvgIpc) is 2.69. The van der Waals surface area contributed by atoms with Gasteiger partial charge in [-0.1, -0.05) is 18.3 Å². The summed E-state index contributed by atoms with van der Waals surface area (Å²) in [5.74, 6) is 0.852. The molecular weight excluding hydrogens is 255 g/mol. The van der Waals surface area contributed by atoms with Gasteiger partial charge in [-0.2, -0.15) is 11.8 Å². The number of fused-ring (bicyclic) bond motifs is 1. The van der Waals surface area contributed by atoms with Crippen LogP contribution in [-0.4, -0.2) is 23.0 Å². The van der Waals surface area contributed by atoms with E-state index in [0.29, 0.717) is 6.04 Å². The fraction of sp³-hybridized carbons (Fsp3) is 0.417. The van der Waals surface area contributed by atoms with Gasteiger partial charge in [-0.25, -0.2) is 9.37 Å². The summed E-state index contributed by atoms with van der Waals surface area (Å²) >= 11 is 3.33. The number of thiazole rings is 1. The van der Waals surface area contributed by atoms with E-state index in [9.17, 15) is 4.39 Å². The Morgan fingerprint density at radius 3 is 3.06 bits per heavy atom. The average molecular weight is 270 g/mol. The lowest BCUT2D eigenvalue weighted by atomic mass is 10.3. The molecule has 0 spiro atoms. The first kappa shape index (κ1) is 12.6. The number of aromatic nitrogens is 1. The third-order valence-corrected chi connectivity index (χ3v) is 4.22. The van der Waals surface area contributed by atoms with Gasteiger partial charge in [0.15, 0.2) is 5.13 Å². The van der Waals surface area contributed by atoms with Crippen molar-refractivity contribution in [2.24, 2.45) is 0 Å². The Morgan fingerprint density at radius 1 is 1.53 bits per heavy atom. The zero-order chi connectivity index (χ0) is 12.3. The number of benzene rings is 1. The molecule has 2 aromatic rings. The molecule has 1 unspecified atom stereocenters. The predicted molar refractivity (Wildman–Crippen MR) is 75.7 cm³/mol. The van der Waals surface area contributed by atoms with E-state index in [-0.39, 0.29) is 5.82 Å². The van der Waals surface area contributed by atoms with Crippen molar-refractivity contribution in [2.45, 2.75) is 19.4 Å². The molecule has 0 amide bonds. The molecular formula is C12H15FN2S2. The minimum absolute atomic E-state index is 0.205. The van der Waals surface area contributed by atoms with Crippen LogP contribution < -0.4 is 5.32 Å². The number of halogens is 1. The maximum Gasteiger partial charge on any atom is 0.184 e. The summed E-state index contributed by atoms with van der Waals surface area (Å²) in [5.41, 5.74) is 0.859. The van der Waals surface area contributed by atoms with Crippen molar-refractivity contribution >= 4 is 38.4 Å². The van der Waals surface area contributed by atoms with Crippen molar-refractivity contribution in [3.05, 3.63) is 24.0 Å². The number of nitrogens with one attached hydrogen (secondary N) is 1. The minimum Gasteiger partial charge on any atom is -0.358 e. The molecule has 0 aliphatic heterocycles. The number of rotatable bonds is 5. The quantitative estimate of drug-likeness (QED) is 0.889. The SMILES string of the molecule is CCC(CSC)Nc1nc2ccc(F)cc2s1. The highest BCUT2D eigenvalue weighted by atomic mass is 32.2. The Bertz CT molecular complexity index is 498. The van der Waals surface area contributed by atoms with Crippen LogP contribution in [0, 0.1) is 5.82 Å². The third kappa shape index (κ3) is 3.10. The van der Waals surface area contributed by atoms with E-state index in [1.807, 2.05) is 11.8 Å². The molecule has 0 saturated carbocycles. The summed E-state index contributed by atoms with van der Waals surface area (Å²) in [6.45, 7) is 2.15. The zero-order valence-corrected chi connectivity index (χ0v) is 11.5. The number of hydrogen-bond donors (Lipinski definition) is 1. The maximum absolute atomic E-state index is 13.1. The minimum atomic E-state index is -0.205. The van der Waals surface area contributed by atoms with Gasteiger partial charge in [-0.3, -0.25) is 0 Å². The predicted octanol–water partition coefficient (Wildman–Crippen LogP) is 3.99. The molecule has 1 heterocycles. The van der Waals surface area contributed by atoms with Gasteiger partial charge in [0, 0.05) is 11.8 Å². The lowest BCUT2D eigenvalue weighted by Crippen LogP contribution is -2.20.